The van der Waals surface area contributed by atoms with Crippen LogP contribution in [0.15, 0.2) is 60.7 Å². The highest BCUT2D eigenvalue weighted by atomic mass is 16.5. The number of rotatable bonds is 9. The molecule has 170 valence electrons. The predicted octanol–water partition coefficient (Wildman–Crippen LogP) is 4.40. The molecule has 6 nitrogen and oxygen atoms in total. The fourth-order valence-corrected chi connectivity index (χ4v) is 3.98. The van der Waals surface area contributed by atoms with Crippen LogP contribution < -0.4 is 9.47 Å². The highest BCUT2D eigenvalue weighted by Gasteiger charge is 2.25. The van der Waals surface area contributed by atoms with E-state index in [0.29, 0.717) is 13.2 Å². The number of morpholine rings is 1. The van der Waals surface area contributed by atoms with Gasteiger partial charge >= 0.3 is 0 Å². The van der Waals surface area contributed by atoms with E-state index in [2.05, 4.69) is 43.0 Å². The second kappa shape index (κ2) is 10.7. The molecule has 0 amide bonds. The normalized spacial score (nSPS) is 16.9. The van der Waals surface area contributed by atoms with Gasteiger partial charge in [-0.2, -0.15) is 5.10 Å². The predicted molar refractivity (Wildman–Crippen MR) is 125 cm³/mol. The molecule has 0 bridgehead atoms. The van der Waals surface area contributed by atoms with Crippen molar-refractivity contribution in [1.82, 2.24) is 14.7 Å². The van der Waals surface area contributed by atoms with E-state index in [1.807, 2.05) is 48.1 Å². The lowest BCUT2D eigenvalue weighted by Crippen LogP contribution is -2.38. The standard InChI is InChI=1S/C26H33N3O3/c1-20(2)32-25-12-8-7-9-21(25)18-29-14-16-31-26(19-29)24-17-22(28(3)27-24)13-15-30-23-10-5-4-6-11-23/h4-12,17,20,26H,13-16,18-19H2,1-3H3/t26-/m0/s1. The van der Waals surface area contributed by atoms with E-state index in [4.69, 9.17) is 19.3 Å². The van der Waals surface area contributed by atoms with Crippen molar-refractivity contribution in [1.29, 1.82) is 0 Å². The number of aryl methyl sites for hydroxylation is 1. The highest BCUT2D eigenvalue weighted by molar-refractivity contribution is 5.33. The quantitative estimate of drug-likeness (QED) is 0.499. The SMILES string of the molecule is CC(C)Oc1ccccc1CN1CCO[C@H](c2cc(CCOc3ccccc3)n(C)n2)C1. The average Bonchev–Trinajstić information content (AvgIpc) is 3.16. The van der Waals surface area contributed by atoms with Crippen LogP contribution in [0, 0.1) is 0 Å². The molecule has 0 unspecified atom stereocenters. The number of hydrogen-bond acceptors (Lipinski definition) is 5. The second-order valence-electron chi connectivity index (χ2n) is 8.46. The van der Waals surface area contributed by atoms with Crippen LogP contribution in [0.4, 0.5) is 0 Å². The molecule has 1 aromatic heterocycles. The Bertz CT molecular complexity index is 987. The van der Waals surface area contributed by atoms with E-state index in [9.17, 15) is 0 Å². The Labute approximate surface area is 190 Å². The number of benzene rings is 2. The van der Waals surface area contributed by atoms with Crippen LogP contribution in [0.2, 0.25) is 0 Å². The Morgan fingerprint density at radius 1 is 1.09 bits per heavy atom. The van der Waals surface area contributed by atoms with Crippen LogP contribution in [0.1, 0.15) is 36.9 Å². The average molecular weight is 436 g/mol. The van der Waals surface area contributed by atoms with Crippen molar-refractivity contribution >= 4 is 0 Å². The summed E-state index contributed by atoms with van der Waals surface area (Å²) in [6.07, 6.45) is 0.928. The molecule has 4 rings (SSSR count). The highest BCUT2D eigenvalue weighted by Crippen LogP contribution is 2.26. The van der Waals surface area contributed by atoms with Crippen molar-refractivity contribution in [3.05, 3.63) is 77.6 Å². The number of ether oxygens (including phenoxy) is 3. The lowest BCUT2D eigenvalue weighted by molar-refractivity contribution is -0.0354. The Morgan fingerprint density at radius 2 is 1.88 bits per heavy atom. The zero-order valence-corrected chi connectivity index (χ0v) is 19.2. The topological polar surface area (TPSA) is 48.8 Å². The van der Waals surface area contributed by atoms with Gasteiger partial charge in [0.25, 0.3) is 0 Å². The fourth-order valence-electron chi connectivity index (χ4n) is 3.98. The summed E-state index contributed by atoms with van der Waals surface area (Å²) in [5, 5.41) is 4.74. The summed E-state index contributed by atoms with van der Waals surface area (Å²) in [7, 11) is 1.99. The maximum atomic E-state index is 6.09. The van der Waals surface area contributed by atoms with Gasteiger partial charge in [0.1, 0.15) is 17.6 Å². The van der Waals surface area contributed by atoms with Crippen LogP contribution in [0.5, 0.6) is 11.5 Å². The van der Waals surface area contributed by atoms with Crippen molar-refractivity contribution in [2.75, 3.05) is 26.3 Å². The van der Waals surface area contributed by atoms with E-state index in [1.54, 1.807) is 0 Å². The molecule has 0 N–H and O–H groups in total. The zero-order valence-electron chi connectivity index (χ0n) is 19.2. The second-order valence-corrected chi connectivity index (χ2v) is 8.46. The van der Waals surface area contributed by atoms with Gasteiger partial charge in [-0.3, -0.25) is 9.58 Å². The first-order valence-electron chi connectivity index (χ1n) is 11.4. The summed E-state index contributed by atoms with van der Waals surface area (Å²) < 4.78 is 19.9. The largest absolute Gasteiger partial charge is 0.493 e. The van der Waals surface area contributed by atoms with Crippen LogP contribution in [-0.2, 0) is 24.8 Å². The monoisotopic (exact) mass is 435 g/mol. The van der Waals surface area contributed by atoms with Crippen molar-refractivity contribution in [3.63, 3.8) is 0 Å². The summed E-state index contributed by atoms with van der Waals surface area (Å²) in [6, 6.07) is 20.4. The Balaban J connectivity index is 1.36. The first kappa shape index (κ1) is 22.4. The number of aromatic nitrogens is 2. The van der Waals surface area contributed by atoms with E-state index < -0.39 is 0 Å². The van der Waals surface area contributed by atoms with Crippen LogP contribution >= 0.6 is 0 Å². The van der Waals surface area contributed by atoms with E-state index >= 15 is 0 Å². The van der Waals surface area contributed by atoms with Crippen LogP contribution in [-0.4, -0.2) is 47.1 Å². The summed E-state index contributed by atoms with van der Waals surface area (Å²) in [5.41, 5.74) is 3.34. The maximum Gasteiger partial charge on any atom is 0.124 e. The molecule has 1 aliphatic heterocycles. The number of hydrogen-bond donors (Lipinski definition) is 0. The van der Waals surface area contributed by atoms with Gasteiger partial charge in [-0.05, 0) is 38.1 Å². The molecule has 0 aliphatic carbocycles. The molecule has 1 fully saturated rings. The number of nitrogens with zero attached hydrogens (tertiary/aromatic N) is 3. The van der Waals surface area contributed by atoms with E-state index in [-0.39, 0.29) is 12.2 Å². The summed E-state index contributed by atoms with van der Waals surface area (Å²) in [4.78, 5) is 2.42. The van der Waals surface area contributed by atoms with Gasteiger partial charge in [0.15, 0.2) is 0 Å². The van der Waals surface area contributed by atoms with Gasteiger partial charge in [-0.15, -0.1) is 0 Å². The molecule has 6 heteroatoms. The Hall–Kier alpha value is -2.83. The van der Waals surface area contributed by atoms with Crippen molar-refractivity contribution in [2.24, 2.45) is 7.05 Å². The van der Waals surface area contributed by atoms with Gasteiger partial charge in [0.05, 0.1) is 25.0 Å². The number of para-hydroxylation sites is 2. The minimum Gasteiger partial charge on any atom is -0.493 e. The zero-order chi connectivity index (χ0) is 22.3. The molecule has 0 spiro atoms. The van der Waals surface area contributed by atoms with Crippen LogP contribution in [0.3, 0.4) is 0 Å². The fraction of sp³-hybridized carbons (Fsp3) is 0.423. The molecule has 2 heterocycles. The lowest BCUT2D eigenvalue weighted by Gasteiger charge is -2.32. The molecule has 3 aromatic rings. The van der Waals surface area contributed by atoms with Gasteiger partial charge in [-0.25, -0.2) is 0 Å². The smallest absolute Gasteiger partial charge is 0.124 e. The first-order chi connectivity index (χ1) is 15.6. The molecule has 1 saturated heterocycles. The van der Waals surface area contributed by atoms with E-state index in [1.165, 1.54) is 5.56 Å². The lowest BCUT2D eigenvalue weighted by atomic mass is 10.1. The summed E-state index contributed by atoms with van der Waals surface area (Å²) in [6.45, 7) is 7.99. The molecule has 1 aliphatic rings. The van der Waals surface area contributed by atoms with Gasteiger partial charge in [0.2, 0.25) is 0 Å². The van der Waals surface area contributed by atoms with Gasteiger partial charge in [0, 0.05) is 44.4 Å². The third kappa shape index (κ3) is 5.90. The summed E-state index contributed by atoms with van der Waals surface area (Å²) >= 11 is 0. The van der Waals surface area contributed by atoms with Crippen molar-refractivity contribution in [2.45, 2.75) is 39.0 Å². The first-order valence-corrected chi connectivity index (χ1v) is 11.4. The maximum absolute atomic E-state index is 6.09. The molecule has 32 heavy (non-hydrogen) atoms. The molecular weight excluding hydrogens is 402 g/mol. The van der Waals surface area contributed by atoms with Gasteiger partial charge in [-0.1, -0.05) is 36.4 Å². The third-order valence-electron chi connectivity index (χ3n) is 5.58. The molecule has 0 radical (unpaired) electrons. The third-order valence-corrected chi connectivity index (χ3v) is 5.58. The Morgan fingerprint density at radius 3 is 2.69 bits per heavy atom. The Kier molecular flexibility index (Phi) is 7.45. The minimum absolute atomic E-state index is 0.0306. The molecule has 1 atom stereocenters. The van der Waals surface area contributed by atoms with Crippen LogP contribution in [0.25, 0.3) is 0 Å². The van der Waals surface area contributed by atoms with Crippen molar-refractivity contribution < 1.29 is 14.2 Å². The molecular formula is C26H33N3O3. The molecule has 0 saturated carbocycles. The van der Waals surface area contributed by atoms with E-state index in [0.717, 1.165) is 48.9 Å². The van der Waals surface area contributed by atoms with Crippen molar-refractivity contribution in [3.8, 4) is 11.5 Å². The van der Waals surface area contributed by atoms with Gasteiger partial charge < -0.3 is 14.2 Å². The molecule has 2 aromatic carbocycles. The summed E-state index contributed by atoms with van der Waals surface area (Å²) in [5.74, 6) is 1.85. The minimum atomic E-state index is -0.0306.